The average Bonchev–Trinajstić information content (AvgIpc) is 2.96. The minimum Gasteiger partial charge on any atom is -0.302 e. The van der Waals surface area contributed by atoms with E-state index in [1.807, 2.05) is 5.32 Å². The number of carbonyl (C=O) groups excluding carboxylic acids is 1. The molecule has 0 unspecified atom stereocenters. The Morgan fingerprint density at radius 1 is 1.24 bits per heavy atom. The van der Waals surface area contributed by atoms with Crippen LogP contribution < -0.4 is 5.32 Å². The first-order valence-corrected chi connectivity index (χ1v) is 9.92. The monoisotopic (exact) mass is 514 g/mol. The van der Waals surface area contributed by atoms with E-state index in [1.54, 1.807) is 0 Å². The highest BCUT2D eigenvalue weighted by molar-refractivity contribution is 7.92. The molecule has 1 aromatic heterocycles. The van der Waals surface area contributed by atoms with Gasteiger partial charge in [0.2, 0.25) is 5.82 Å². The van der Waals surface area contributed by atoms with Crippen LogP contribution in [0.5, 0.6) is 0 Å². The van der Waals surface area contributed by atoms with Crippen LogP contribution in [0.2, 0.25) is 10.0 Å². The zero-order chi connectivity index (χ0) is 22.3. The summed E-state index contributed by atoms with van der Waals surface area (Å²) >= 11 is 22.5. The van der Waals surface area contributed by atoms with Crippen LogP contribution in [0, 0.1) is 10.1 Å². The van der Waals surface area contributed by atoms with Crippen LogP contribution >= 0.6 is 46.4 Å². The number of aromatic nitrogens is 2. The van der Waals surface area contributed by atoms with Crippen LogP contribution in [-0.4, -0.2) is 39.4 Å². The van der Waals surface area contributed by atoms with Crippen LogP contribution in [0.3, 0.4) is 0 Å². The summed E-state index contributed by atoms with van der Waals surface area (Å²) in [6.07, 6.45) is 0.681. The molecule has 17 heteroatoms. The van der Waals surface area contributed by atoms with E-state index >= 15 is 0 Å². The molecule has 1 amide bonds. The summed E-state index contributed by atoms with van der Waals surface area (Å²) in [7, 11) is -5.78. The molecular formula is C12H5Cl4F3N4O5S. The first-order valence-electron chi connectivity index (χ1n) is 6.80. The SMILES string of the molecule is O=C(Nc1c([N+](=O)[O-])cnn1-c1c(Cl)cc(S(=O)(=O)C(F)(F)F)cc1Cl)C(Cl)Cl. The van der Waals surface area contributed by atoms with Gasteiger partial charge < -0.3 is 5.32 Å². The van der Waals surface area contributed by atoms with Crippen molar-refractivity contribution in [2.45, 2.75) is 15.2 Å². The summed E-state index contributed by atoms with van der Waals surface area (Å²) in [5.74, 6) is -1.72. The highest BCUT2D eigenvalue weighted by atomic mass is 35.5. The first-order chi connectivity index (χ1) is 13.2. The van der Waals surface area contributed by atoms with Crippen molar-refractivity contribution in [1.29, 1.82) is 0 Å². The summed E-state index contributed by atoms with van der Waals surface area (Å²) < 4.78 is 61.9. The normalized spacial score (nSPS) is 12.3. The van der Waals surface area contributed by atoms with Crippen LogP contribution in [-0.2, 0) is 14.6 Å². The lowest BCUT2D eigenvalue weighted by molar-refractivity contribution is -0.384. The highest BCUT2D eigenvalue weighted by Gasteiger charge is 2.47. The second-order valence-corrected chi connectivity index (χ2v) is 8.87. The third-order valence-corrected chi connectivity index (χ3v) is 5.64. The van der Waals surface area contributed by atoms with Gasteiger partial charge in [0.05, 0.1) is 19.9 Å². The maximum Gasteiger partial charge on any atom is 0.501 e. The number of nitrogens with zero attached hydrogens (tertiary/aromatic N) is 3. The van der Waals surface area contributed by atoms with Gasteiger partial charge in [0.15, 0.2) is 4.84 Å². The van der Waals surface area contributed by atoms with Crippen molar-refractivity contribution in [2.24, 2.45) is 0 Å². The number of carbonyl (C=O) groups is 1. The van der Waals surface area contributed by atoms with Crippen LogP contribution in [0.25, 0.3) is 5.69 Å². The summed E-state index contributed by atoms with van der Waals surface area (Å²) in [5.41, 5.74) is -6.83. The van der Waals surface area contributed by atoms with Crippen molar-refractivity contribution in [3.8, 4) is 5.69 Å². The van der Waals surface area contributed by atoms with Gasteiger partial charge >= 0.3 is 11.2 Å². The molecule has 158 valence electrons. The fraction of sp³-hybridized carbons (Fsp3) is 0.167. The molecule has 0 spiro atoms. The second kappa shape index (κ2) is 8.14. The second-order valence-electron chi connectivity index (χ2n) is 5.02. The molecular weight excluding hydrogens is 511 g/mol. The molecule has 2 rings (SSSR count). The summed E-state index contributed by atoms with van der Waals surface area (Å²) in [6.45, 7) is 0. The molecule has 0 aliphatic rings. The molecule has 2 aromatic rings. The third-order valence-electron chi connectivity index (χ3n) is 3.20. The number of hydrogen-bond acceptors (Lipinski definition) is 6. The molecule has 0 radical (unpaired) electrons. The topological polar surface area (TPSA) is 124 Å². The Bertz CT molecular complexity index is 1080. The number of nitrogens with one attached hydrogen (secondary N) is 1. The quantitative estimate of drug-likeness (QED) is 0.363. The summed E-state index contributed by atoms with van der Waals surface area (Å²) in [5, 5.41) is 15.4. The molecule has 29 heavy (non-hydrogen) atoms. The van der Waals surface area contributed by atoms with Crippen LogP contribution in [0.4, 0.5) is 24.7 Å². The van der Waals surface area contributed by atoms with Crippen molar-refractivity contribution in [1.82, 2.24) is 9.78 Å². The van der Waals surface area contributed by atoms with Crippen molar-refractivity contribution in [2.75, 3.05) is 5.32 Å². The van der Waals surface area contributed by atoms with Gasteiger partial charge in [-0.3, -0.25) is 14.9 Å². The number of halogens is 7. The number of rotatable bonds is 5. The van der Waals surface area contributed by atoms with E-state index in [2.05, 4.69) is 5.10 Å². The fourth-order valence-electron chi connectivity index (χ4n) is 1.96. The zero-order valence-electron chi connectivity index (χ0n) is 13.2. The number of nitro groups is 1. The third kappa shape index (κ3) is 4.53. The molecule has 0 aliphatic heterocycles. The molecule has 0 fully saturated rings. The van der Waals surface area contributed by atoms with Gasteiger partial charge in [-0.05, 0) is 12.1 Å². The first kappa shape index (κ1) is 23.5. The van der Waals surface area contributed by atoms with Gasteiger partial charge in [-0.25, -0.2) is 13.1 Å². The predicted octanol–water partition coefficient (Wildman–Crippen LogP) is 4.12. The van der Waals surface area contributed by atoms with E-state index in [4.69, 9.17) is 46.4 Å². The van der Waals surface area contributed by atoms with E-state index in [0.29, 0.717) is 23.0 Å². The lowest BCUT2D eigenvalue weighted by Gasteiger charge is -2.14. The fourth-order valence-corrected chi connectivity index (χ4v) is 3.66. The highest BCUT2D eigenvalue weighted by Crippen LogP contribution is 2.39. The van der Waals surface area contributed by atoms with E-state index in [-0.39, 0.29) is 0 Å². The van der Waals surface area contributed by atoms with Gasteiger partial charge in [-0.15, -0.1) is 0 Å². The molecule has 0 aliphatic carbocycles. The van der Waals surface area contributed by atoms with Crippen molar-refractivity contribution in [3.05, 3.63) is 38.5 Å². The molecule has 0 atom stereocenters. The van der Waals surface area contributed by atoms with E-state index in [1.165, 1.54) is 0 Å². The van der Waals surface area contributed by atoms with Crippen LogP contribution in [0.1, 0.15) is 0 Å². The Hall–Kier alpha value is -1.80. The Morgan fingerprint density at radius 2 is 1.76 bits per heavy atom. The number of sulfone groups is 1. The number of benzene rings is 1. The molecule has 1 heterocycles. The van der Waals surface area contributed by atoms with Crippen molar-refractivity contribution in [3.63, 3.8) is 0 Å². The molecule has 1 aromatic carbocycles. The Labute approximate surface area is 179 Å². The van der Waals surface area contributed by atoms with Crippen molar-refractivity contribution < 1.29 is 31.3 Å². The van der Waals surface area contributed by atoms with Gasteiger partial charge in [-0.2, -0.15) is 18.3 Å². The predicted molar refractivity (Wildman–Crippen MR) is 97.6 cm³/mol. The zero-order valence-corrected chi connectivity index (χ0v) is 17.1. The Morgan fingerprint density at radius 3 is 2.17 bits per heavy atom. The Kier molecular flexibility index (Phi) is 6.59. The molecule has 0 saturated carbocycles. The van der Waals surface area contributed by atoms with E-state index in [0.717, 1.165) is 0 Å². The van der Waals surface area contributed by atoms with Crippen molar-refractivity contribution >= 4 is 73.7 Å². The molecule has 0 saturated heterocycles. The minimum atomic E-state index is -5.78. The maximum absolute atomic E-state index is 12.7. The van der Waals surface area contributed by atoms with E-state index in [9.17, 15) is 36.5 Å². The van der Waals surface area contributed by atoms with E-state index < -0.39 is 63.1 Å². The summed E-state index contributed by atoms with van der Waals surface area (Å²) in [6, 6.07) is 0.854. The molecule has 9 nitrogen and oxygen atoms in total. The standard InChI is InChI=1S/C12H5Cl4F3N4O5S/c13-5-1-4(29(27,28)12(17,18)19)2-6(14)8(5)22-10(21-11(24)9(15)16)7(3-20-22)23(25)26/h1-3,9H,(H,21,24). The molecule has 0 bridgehead atoms. The largest absolute Gasteiger partial charge is 0.501 e. The number of hydrogen-bond donors (Lipinski definition) is 1. The van der Waals surface area contributed by atoms with Gasteiger partial charge in [0.1, 0.15) is 11.9 Å². The van der Waals surface area contributed by atoms with Crippen LogP contribution in [0.15, 0.2) is 23.2 Å². The minimum absolute atomic E-state index is 0.427. The Balaban J connectivity index is 2.71. The number of alkyl halides is 5. The molecule has 1 N–H and O–H groups in total. The smallest absolute Gasteiger partial charge is 0.302 e. The number of anilines is 1. The maximum atomic E-state index is 12.7. The van der Waals surface area contributed by atoms with Gasteiger partial charge in [0.25, 0.3) is 15.7 Å². The number of amides is 1. The lowest BCUT2D eigenvalue weighted by Crippen LogP contribution is -2.23. The average molecular weight is 516 g/mol. The summed E-state index contributed by atoms with van der Waals surface area (Å²) in [4.78, 5) is 19.0. The van der Waals surface area contributed by atoms with Gasteiger partial charge in [-0.1, -0.05) is 46.4 Å². The van der Waals surface area contributed by atoms with Gasteiger partial charge in [0, 0.05) is 0 Å². The lowest BCUT2D eigenvalue weighted by atomic mass is 10.3.